The molecule has 0 bridgehead atoms. The zero-order valence-corrected chi connectivity index (χ0v) is 14.2. The Morgan fingerprint density at radius 1 is 0.917 bits per heavy atom. The molecule has 0 saturated carbocycles. The zero-order valence-electron chi connectivity index (χ0n) is 12.7. The van der Waals surface area contributed by atoms with E-state index in [1.165, 1.54) is 0 Å². The van der Waals surface area contributed by atoms with Crippen LogP contribution in [0.5, 0.6) is 5.75 Å². The number of aromatic nitrogens is 2. The van der Waals surface area contributed by atoms with Crippen molar-refractivity contribution in [1.82, 2.24) is 10.2 Å². The Hall–Kier alpha value is -2.24. The average molecular weight is 364 g/mol. The number of phenols is 1. The summed E-state index contributed by atoms with van der Waals surface area (Å²) in [6, 6.07) is 12.8. The largest absolute Gasteiger partial charge is 0.508 e. The van der Waals surface area contributed by atoms with Crippen molar-refractivity contribution in [1.29, 1.82) is 0 Å². The molecule has 0 unspecified atom stereocenters. The van der Waals surface area contributed by atoms with Crippen LogP contribution in [0.25, 0.3) is 0 Å². The van der Waals surface area contributed by atoms with E-state index in [0.29, 0.717) is 34.9 Å². The molecule has 2 aromatic carbocycles. The summed E-state index contributed by atoms with van der Waals surface area (Å²) in [5.41, 5.74) is 2.06. The van der Waals surface area contributed by atoms with Gasteiger partial charge in [0.05, 0.1) is 10.0 Å². The van der Waals surface area contributed by atoms with Gasteiger partial charge in [-0.25, -0.2) is 0 Å². The topological polar surface area (TPSA) is 71.2 Å². The molecule has 3 rings (SSSR count). The van der Waals surface area contributed by atoms with Crippen LogP contribution in [0.4, 0.5) is 6.01 Å². The van der Waals surface area contributed by atoms with E-state index in [0.717, 1.165) is 17.5 Å². The first kappa shape index (κ1) is 16.6. The Morgan fingerprint density at radius 2 is 1.67 bits per heavy atom. The van der Waals surface area contributed by atoms with Crippen molar-refractivity contribution in [2.45, 2.75) is 19.4 Å². The summed E-state index contributed by atoms with van der Waals surface area (Å²) in [4.78, 5) is 0. The lowest BCUT2D eigenvalue weighted by atomic mass is 10.1. The molecule has 0 aliphatic rings. The first-order chi connectivity index (χ1) is 11.6. The second-order valence-electron chi connectivity index (χ2n) is 5.27. The number of nitrogens with one attached hydrogen (secondary N) is 1. The molecule has 7 heteroatoms. The molecule has 1 aromatic heterocycles. The molecule has 0 amide bonds. The van der Waals surface area contributed by atoms with Crippen LogP contribution in [0.3, 0.4) is 0 Å². The van der Waals surface area contributed by atoms with Crippen LogP contribution in [0.2, 0.25) is 10.0 Å². The SMILES string of the molecule is Oc1ccc(CCc2nnc(NCc3ccc(Cl)c(Cl)c3)o2)cc1. The van der Waals surface area contributed by atoms with E-state index in [4.69, 9.17) is 27.6 Å². The number of hydrogen-bond donors (Lipinski definition) is 2. The van der Waals surface area contributed by atoms with Gasteiger partial charge in [0.15, 0.2) is 0 Å². The monoisotopic (exact) mass is 363 g/mol. The Kier molecular flexibility index (Phi) is 5.23. The van der Waals surface area contributed by atoms with Crippen molar-refractivity contribution in [3.05, 3.63) is 69.5 Å². The molecular weight excluding hydrogens is 349 g/mol. The van der Waals surface area contributed by atoms with Gasteiger partial charge >= 0.3 is 6.01 Å². The maximum atomic E-state index is 9.27. The van der Waals surface area contributed by atoms with Crippen LogP contribution >= 0.6 is 23.2 Å². The van der Waals surface area contributed by atoms with Crippen LogP contribution in [0.15, 0.2) is 46.9 Å². The van der Waals surface area contributed by atoms with Gasteiger partial charge in [0.25, 0.3) is 0 Å². The molecule has 24 heavy (non-hydrogen) atoms. The third-order valence-electron chi connectivity index (χ3n) is 3.46. The first-order valence-electron chi connectivity index (χ1n) is 7.38. The Morgan fingerprint density at radius 3 is 2.42 bits per heavy atom. The highest BCUT2D eigenvalue weighted by Crippen LogP contribution is 2.23. The minimum atomic E-state index is 0.255. The van der Waals surface area contributed by atoms with Crippen LogP contribution < -0.4 is 5.32 Å². The molecule has 0 aliphatic carbocycles. The molecule has 0 aliphatic heterocycles. The zero-order chi connectivity index (χ0) is 16.9. The van der Waals surface area contributed by atoms with E-state index >= 15 is 0 Å². The quantitative estimate of drug-likeness (QED) is 0.675. The van der Waals surface area contributed by atoms with Crippen LogP contribution in [-0.2, 0) is 19.4 Å². The second kappa shape index (κ2) is 7.55. The number of aryl methyl sites for hydroxylation is 2. The fourth-order valence-electron chi connectivity index (χ4n) is 2.17. The van der Waals surface area contributed by atoms with Gasteiger partial charge in [-0.2, -0.15) is 0 Å². The molecule has 124 valence electrons. The smallest absolute Gasteiger partial charge is 0.315 e. The van der Waals surface area contributed by atoms with Gasteiger partial charge in [-0.15, -0.1) is 5.10 Å². The number of halogens is 2. The van der Waals surface area contributed by atoms with Crippen LogP contribution in [0, 0.1) is 0 Å². The lowest BCUT2D eigenvalue weighted by Gasteiger charge is -2.03. The van der Waals surface area contributed by atoms with E-state index in [2.05, 4.69) is 15.5 Å². The van der Waals surface area contributed by atoms with Gasteiger partial charge in [0.2, 0.25) is 5.89 Å². The lowest BCUT2D eigenvalue weighted by molar-refractivity contribution is 0.475. The number of nitrogens with zero attached hydrogens (tertiary/aromatic N) is 2. The highest BCUT2D eigenvalue weighted by Gasteiger charge is 2.07. The molecule has 0 fully saturated rings. The van der Waals surface area contributed by atoms with Crippen molar-refractivity contribution >= 4 is 29.2 Å². The molecule has 0 atom stereocenters. The molecule has 5 nitrogen and oxygen atoms in total. The maximum Gasteiger partial charge on any atom is 0.315 e. The summed E-state index contributed by atoms with van der Waals surface area (Å²) < 4.78 is 5.56. The molecule has 2 N–H and O–H groups in total. The minimum absolute atomic E-state index is 0.255. The fraction of sp³-hybridized carbons (Fsp3) is 0.176. The summed E-state index contributed by atoms with van der Waals surface area (Å²) in [7, 11) is 0. The second-order valence-corrected chi connectivity index (χ2v) is 6.08. The number of benzene rings is 2. The van der Waals surface area contributed by atoms with E-state index < -0.39 is 0 Å². The number of rotatable bonds is 6. The van der Waals surface area contributed by atoms with Crippen molar-refractivity contribution in [2.24, 2.45) is 0 Å². The van der Waals surface area contributed by atoms with Crippen LogP contribution in [-0.4, -0.2) is 15.3 Å². The van der Waals surface area contributed by atoms with Crippen LogP contribution in [0.1, 0.15) is 17.0 Å². The fourth-order valence-corrected chi connectivity index (χ4v) is 2.49. The van der Waals surface area contributed by atoms with Gasteiger partial charge in [-0.1, -0.05) is 46.5 Å². The maximum absolute atomic E-state index is 9.27. The number of aromatic hydroxyl groups is 1. The first-order valence-corrected chi connectivity index (χ1v) is 8.14. The van der Waals surface area contributed by atoms with Crippen molar-refractivity contribution in [3.63, 3.8) is 0 Å². The lowest BCUT2D eigenvalue weighted by Crippen LogP contribution is -1.99. The van der Waals surface area contributed by atoms with E-state index in [1.807, 2.05) is 18.2 Å². The van der Waals surface area contributed by atoms with E-state index in [-0.39, 0.29) is 5.75 Å². The minimum Gasteiger partial charge on any atom is -0.508 e. The predicted octanol–water partition coefficient (Wildman–Crippen LogP) is 4.48. The van der Waals surface area contributed by atoms with E-state index in [1.54, 1.807) is 24.3 Å². The molecule has 1 heterocycles. The summed E-state index contributed by atoms with van der Waals surface area (Å²) in [6.07, 6.45) is 1.39. The predicted molar refractivity (Wildman–Crippen MR) is 93.6 cm³/mol. The summed E-state index contributed by atoms with van der Waals surface area (Å²) in [5, 5.41) is 21.3. The average Bonchev–Trinajstić information content (AvgIpc) is 3.03. The third kappa shape index (κ3) is 4.40. The Bertz CT molecular complexity index is 819. The molecular formula is C17H15Cl2N3O2. The molecule has 3 aromatic rings. The standard InChI is InChI=1S/C17H15Cl2N3O2/c18-14-7-3-12(9-15(14)19)10-20-17-22-21-16(24-17)8-4-11-1-5-13(23)6-2-11/h1-3,5-7,9,23H,4,8,10H2,(H,20,22). The normalized spacial score (nSPS) is 10.8. The van der Waals surface area contributed by atoms with Gasteiger partial charge in [0.1, 0.15) is 5.75 Å². The number of hydrogen-bond acceptors (Lipinski definition) is 5. The van der Waals surface area contributed by atoms with Gasteiger partial charge in [-0.05, 0) is 41.8 Å². The highest BCUT2D eigenvalue weighted by molar-refractivity contribution is 6.42. The van der Waals surface area contributed by atoms with Gasteiger partial charge < -0.3 is 14.8 Å². The Balaban J connectivity index is 1.53. The highest BCUT2D eigenvalue weighted by atomic mass is 35.5. The molecule has 0 spiro atoms. The van der Waals surface area contributed by atoms with Crippen molar-refractivity contribution < 1.29 is 9.52 Å². The summed E-state index contributed by atoms with van der Waals surface area (Å²) >= 11 is 11.9. The molecule has 0 saturated heterocycles. The summed E-state index contributed by atoms with van der Waals surface area (Å²) in [6.45, 7) is 0.510. The molecule has 0 radical (unpaired) electrons. The van der Waals surface area contributed by atoms with Gasteiger partial charge in [-0.3, -0.25) is 0 Å². The van der Waals surface area contributed by atoms with Gasteiger partial charge in [0, 0.05) is 13.0 Å². The van der Waals surface area contributed by atoms with Crippen molar-refractivity contribution in [3.8, 4) is 5.75 Å². The third-order valence-corrected chi connectivity index (χ3v) is 4.20. The Labute approximate surface area is 149 Å². The summed E-state index contributed by atoms with van der Waals surface area (Å²) in [5.74, 6) is 0.810. The number of anilines is 1. The number of phenolic OH excluding ortho intramolecular Hbond substituents is 1. The van der Waals surface area contributed by atoms with Crippen molar-refractivity contribution in [2.75, 3.05) is 5.32 Å². The van der Waals surface area contributed by atoms with E-state index in [9.17, 15) is 5.11 Å².